The Hall–Kier alpha value is -7.44. The van der Waals surface area contributed by atoms with E-state index in [4.69, 9.17) is 13.1 Å². The van der Waals surface area contributed by atoms with Gasteiger partial charge in [-0.15, -0.1) is 11.3 Å². The minimum Gasteiger partial charge on any atom is -0.289 e. The Morgan fingerprint density at radius 2 is 0.938 bits per heavy atom. The minimum absolute atomic E-state index is 0.0130. The molecule has 2 spiro atoms. The van der Waals surface area contributed by atoms with Gasteiger partial charge in [-0.1, -0.05) is 50.7 Å². The van der Waals surface area contributed by atoms with Gasteiger partial charge in [0, 0.05) is 64.4 Å². The standard InChI is InChI=1S/C54H32F4N4O2S/c1-61-45(25-59)49-33-21-41(55)43(57)23-35(33)51(63)37(49)17-29-13-27-15-47-31(19-39(27)53(29)9-5-3-6-10-53)32-20-40-28(16-48(32)65-47)14-30(54(40)11-7-4-8-12-54)18-38-50(46(26-60)62-2)34-22-42(56)44(58)24-36(34)52(38)64/h13-24H,3-12H2/b37-17-,38-18-,49-45-,50-46+. The summed E-state index contributed by atoms with van der Waals surface area (Å²) >= 11 is 1.65. The Labute approximate surface area is 374 Å². The summed E-state index contributed by atoms with van der Waals surface area (Å²) in [5.41, 5.74) is 4.27. The van der Waals surface area contributed by atoms with Crippen LogP contribution >= 0.6 is 11.3 Å². The summed E-state index contributed by atoms with van der Waals surface area (Å²) in [7, 11) is 0. The van der Waals surface area contributed by atoms with E-state index in [0.717, 1.165) is 142 Å². The van der Waals surface area contributed by atoms with Crippen LogP contribution in [-0.4, -0.2) is 11.6 Å². The van der Waals surface area contributed by atoms with Crippen LogP contribution in [0.25, 0.3) is 53.2 Å². The Kier molecular flexibility index (Phi) is 9.03. The van der Waals surface area contributed by atoms with Crippen molar-refractivity contribution < 1.29 is 27.2 Å². The number of ketones is 2. The molecular weight excluding hydrogens is 845 g/mol. The highest BCUT2D eigenvalue weighted by Crippen LogP contribution is 2.57. The number of fused-ring (bicyclic) bond motifs is 9. The quantitative estimate of drug-likeness (QED) is 0.0764. The summed E-state index contributed by atoms with van der Waals surface area (Å²) in [6, 6.07) is 16.1. The maximum atomic E-state index is 14.6. The highest BCUT2D eigenvalue weighted by Gasteiger charge is 2.46. The van der Waals surface area contributed by atoms with E-state index < -0.39 is 45.7 Å². The molecule has 314 valence electrons. The van der Waals surface area contributed by atoms with Crippen LogP contribution in [0, 0.1) is 59.1 Å². The first-order chi connectivity index (χ1) is 31.4. The molecular formula is C54H32F4N4O2S. The van der Waals surface area contributed by atoms with Crippen LogP contribution < -0.4 is 0 Å². The number of halogens is 4. The minimum atomic E-state index is -1.19. The lowest BCUT2D eigenvalue weighted by atomic mass is 9.66. The SMILES string of the molecule is [C-]#[N+]/C(C#N)=C1\C(=C\C2=Cc3cc4sc5cc6c(cc5c4cc3C23CCCCC3)C2(CCCCC2)C(/C=C2\C(=O)c3cc(F)c(F)cc3\C2=C(\C#N)[N+]#[C-])=C6)C(=O)c2cc(F)c(F)cc21. The van der Waals surface area contributed by atoms with E-state index in [0.29, 0.717) is 0 Å². The Bertz CT molecular complexity index is 3260. The van der Waals surface area contributed by atoms with Crippen molar-refractivity contribution in [2.24, 2.45) is 0 Å². The molecule has 0 unspecified atom stereocenters. The number of benzene rings is 4. The highest BCUT2D eigenvalue weighted by atomic mass is 32.1. The van der Waals surface area contributed by atoms with Gasteiger partial charge in [0.1, 0.15) is 0 Å². The van der Waals surface area contributed by atoms with Crippen LogP contribution in [0.5, 0.6) is 0 Å². The average molecular weight is 877 g/mol. The van der Waals surface area contributed by atoms with Crippen molar-refractivity contribution in [3.8, 4) is 12.1 Å². The molecule has 1 aromatic heterocycles. The van der Waals surface area contributed by atoms with Crippen LogP contribution in [0.4, 0.5) is 17.6 Å². The lowest BCUT2D eigenvalue weighted by molar-refractivity contribution is 0.103. The second-order valence-corrected chi connectivity index (χ2v) is 18.8. The zero-order valence-corrected chi connectivity index (χ0v) is 35.3. The molecule has 6 aliphatic carbocycles. The molecule has 6 nitrogen and oxygen atoms in total. The molecule has 0 saturated heterocycles. The van der Waals surface area contributed by atoms with Crippen LogP contribution in [0.1, 0.15) is 118 Å². The normalized spacial score (nSPS) is 21.5. The third-order valence-corrected chi connectivity index (χ3v) is 15.8. The number of allylic oxidation sites excluding steroid dienone is 10. The fourth-order valence-corrected chi connectivity index (χ4v) is 12.9. The van der Waals surface area contributed by atoms with Crippen molar-refractivity contribution in [3.05, 3.63) is 185 Å². The zero-order chi connectivity index (χ0) is 45.1. The van der Waals surface area contributed by atoms with Gasteiger partial charge in [0.2, 0.25) is 0 Å². The molecule has 2 saturated carbocycles. The topological polar surface area (TPSA) is 90.4 Å². The third-order valence-electron chi connectivity index (χ3n) is 14.7. The fourth-order valence-electron chi connectivity index (χ4n) is 11.7. The van der Waals surface area contributed by atoms with Gasteiger partial charge >= 0.3 is 0 Å². The number of nitrogens with zero attached hydrogens (tertiary/aromatic N) is 4. The molecule has 0 bridgehead atoms. The van der Waals surface area contributed by atoms with Crippen molar-refractivity contribution in [1.29, 1.82) is 10.5 Å². The van der Waals surface area contributed by atoms with E-state index in [1.165, 1.54) is 0 Å². The summed E-state index contributed by atoms with van der Waals surface area (Å²) in [5.74, 6) is -5.85. The zero-order valence-electron chi connectivity index (χ0n) is 34.5. The van der Waals surface area contributed by atoms with E-state index in [-0.39, 0.29) is 55.9 Å². The maximum Gasteiger partial charge on any atom is 0.270 e. The van der Waals surface area contributed by atoms with E-state index in [2.05, 4.69) is 46.1 Å². The number of thiophene rings is 1. The van der Waals surface area contributed by atoms with E-state index >= 15 is 0 Å². The van der Waals surface area contributed by atoms with E-state index in [1.54, 1.807) is 23.5 Å². The smallest absolute Gasteiger partial charge is 0.270 e. The number of Topliss-reactive ketones (excluding diaryl/α,β-unsaturated/α-hetero) is 2. The van der Waals surface area contributed by atoms with Gasteiger partial charge in [-0.2, -0.15) is 0 Å². The van der Waals surface area contributed by atoms with Crippen LogP contribution in [0.3, 0.4) is 0 Å². The first-order valence-corrected chi connectivity index (χ1v) is 22.3. The van der Waals surface area contributed by atoms with Gasteiger partial charge in [-0.25, -0.2) is 37.8 Å². The molecule has 0 atom stereocenters. The second-order valence-electron chi connectivity index (χ2n) is 17.8. The van der Waals surface area contributed by atoms with Crippen LogP contribution in [0.15, 0.2) is 94.4 Å². The molecule has 6 aliphatic rings. The van der Waals surface area contributed by atoms with Gasteiger partial charge in [-0.05, 0) is 131 Å². The maximum absolute atomic E-state index is 14.6. The van der Waals surface area contributed by atoms with Crippen LogP contribution in [0.2, 0.25) is 0 Å². The predicted octanol–water partition coefficient (Wildman–Crippen LogP) is 13.8. The highest BCUT2D eigenvalue weighted by molar-refractivity contribution is 7.25. The number of hydrogen-bond acceptors (Lipinski definition) is 5. The third kappa shape index (κ3) is 5.65. The summed E-state index contributed by atoms with van der Waals surface area (Å²) in [6.07, 6.45) is 16.6. The van der Waals surface area contributed by atoms with Crippen molar-refractivity contribution in [2.75, 3.05) is 0 Å². The number of carbonyl (C=O) groups is 2. The largest absolute Gasteiger partial charge is 0.289 e. The molecule has 4 aromatic carbocycles. The van der Waals surface area contributed by atoms with Crippen molar-refractivity contribution in [2.45, 2.75) is 75.0 Å². The van der Waals surface area contributed by atoms with Crippen molar-refractivity contribution >= 4 is 66.4 Å². The first-order valence-electron chi connectivity index (χ1n) is 21.5. The average Bonchev–Trinajstić information content (AvgIpc) is 4.03. The Morgan fingerprint density at radius 1 is 0.569 bits per heavy atom. The number of carbonyl (C=O) groups excluding carboxylic acids is 2. The predicted molar refractivity (Wildman–Crippen MR) is 241 cm³/mol. The summed E-state index contributed by atoms with van der Waals surface area (Å²) in [5, 5.41) is 22.1. The second kappa shape index (κ2) is 14.5. The van der Waals surface area contributed by atoms with Crippen LogP contribution in [-0.2, 0) is 10.8 Å². The fraction of sp³-hybridized carbons (Fsp3) is 0.222. The Morgan fingerprint density at radius 3 is 1.29 bits per heavy atom. The lowest BCUT2D eigenvalue weighted by Gasteiger charge is -2.37. The molecule has 0 aliphatic heterocycles. The molecule has 5 aromatic rings. The van der Waals surface area contributed by atoms with Crippen molar-refractivity contribution in [3.63, 3.8) is 0 Å². The van der Waals surface area contributed by atoms with Crippen molar-refractivity contribution in [1.82, 2.24) is 0 Å². The first kappa shape index (κ1) is 40.3. The van der Waals surface area contributed by atoms with E-state index in [9.17, 15) is 37.7 Å². The summed E-state index contributed by atoms with van der Waals surface area (Å²) in [4.78, 5) is 34.9. The molecule has 0 radical (unpaired) electrons. The molecule has 11 rings (SSSR count). The lowest BCUT2D eigenvalue weighted by Crippen LogP contribution is -2.29. The molecule has 2 fully saturated rings. The molecule has 65 heavy (non-hydrogen) atoms. The van der Waals surface area contributed by atoms with Gasteiger partial charge in [-0.3, -0.25) is 9.59 Å². The summed E-state index contributed by atoms with van der Waals surface area (Å²) in [6.45, 7) is 15.5. The van der Waals surface area contributed by atoms with Gasteiger partial charge in [0.05, 0.1) is 25.3 Å². The van der Waals surface area contributed by atoms with Gasteiger partial charge < -0.3 is 0 Å². The number of nitriles is 2. The molecule has 0 N–H and O–H groups in total. The van der Waals surface area contributed by atoms with Gasteiger partial charge in [0.25, 0.3) is 11.4 Å². The summed E-state index contributed by atoms with van der Waals surface area (Å²) < 4.78 is 60.4. The monoisotopic (exact) mass is 876 g/mol. The van der Waals surface area contributed by atoms with E-state index in [1.807, 2.05) is 12.1 Å². The molecule has 1 heterocycles. The molecule has 11 heteroatoms. The number of hydrogen-bond donors (Lipinski definition) is 0. The van der Waals surface area contributed by atoms with Gasteiger partial charge in [0.15, 0.2) is 34.8 Å². The Balaban J connectivity index is 1.06. The molecule has 0 amide bonds. The number of rotatable bonds is 2.